The van der Waals surface area contributed by atoms with Gasteiger partial charge in [-0.2, -0.15) is 0 Å². The van der Waals surface area contributed by atoms with Gasteiger partial charge in [0.1, 0.15) is 5.75 Å². The lowest BCUT2D eigenvalue weighted by Gasteiger charge is -2.32. The Morgan fingerprint density at radius 1 is 1.21 bits per heavy atom. The Kier molecular flexibility index (Phi) is 10.4. The van der Waals surface area contributed by atoms with E-state index in [9.17, 15) is 0 Å². The van der Waals surface area contributed by atoms with E-state index >= 15 is 0 Å². The molecule has 28 heavy (non-hydrogen) atoms. The maximum Gasteiger partial charge on any atom is 0.193 e. The van der Waals surface area contributed by atoms with E-state index < -0.39 is 0 Å². The molecule has 2 aliphatic heterocycles. The van der Waals surface area contributed by atoms with Crippen molar-refractivity contribution < 1.29 is 9.47 Å². The highest BCUT2D eigenvalue weighted by atomic mass is 127. The maximum absolute atomic E-state index is 5.49. The average Bonchev–Trinajstić information content (AvgIpc) is 3.21. The van der Waals surface area contributed by atoms with Gasteiger partial charge in [0.2, 0.25) is 0 Å². The van der Waals surface area contributed by atoms with Gasteiger partial charge < -0.3 is 19.7 Å². The Labute approximate surface area is 186 Å². The standard InChI is InChI=1S/C21H34N4O2.HI/c1-3-22-21(23-11-4-5-18-6-8-20(26-2)9-7-18)25-12-10-19(17-25)24-13-15-27-16-14-24;/h6-9,19H,3-5,10-17H2,1-2H3,(H,22,23);1H. The summed E-state index contributed by atoms with van der Waals surface area (Å²) in [4.78, 5) is 9.90. The van der Waals surface area contributed by atoms with E-state index in [1.54, 1.807) is 7.11 Å². The van der Waals surface area contributed by atoms with Crippen molar-refractivity contribution in [2.24, 2.45) is 4.99 Å². The van der Waals surface area contributed by atoms with Gasteiger partial charge in [-0.1, -0.05) is 12.1 Å². The lowest BCUT2D eigenvalue weighted by atomic mass is 10.1. The molecule has 158 valence electrons. The molecule has 1 aromatic carbocycles. The average molecular weight is 502 g/mol. The van der Waals surface area contributed by atoms with Crippen LogP contribution in [0.1, 0.15) is 25.3 Å². The fourth-order valence-corrected chi connectivity index (χ4v) is 3.86. The fraction of sp³-hybridized carbons (Fsp3) is 0.667. The molecule has 0 bridgehead atoms. The first-order chi connectivity index (χ1) is 13.3. The molecule has 1 N–H and O–H groups in total. The number of aliphatic imine (C=N–C) groups is 1. The molecule has 2 aliphatic rings. The molecular weight excluding hydrogens is 467 g/mol. The number of benzene rings is 1. The third-order valence-corrected chi connectivity index (χ3v) is 5.40. The summed E-state index contributed by atoms with van der Waals surface area (Å²) in [6.45, 7) is 9.94. The third kappa shape index (κ3) is 6.77. The number of hydrogen-bond donors (Lipinski definition) is 1. The summed E-state index contributed by atoms with van der Waals surface area (Å²) in [6, 6.07) is 8.97. The predicted molar refractivity (Wildman–Crippen MR) is 125 cm³/mol. The number of halogens is 1. The van der Waals surface area contributed by atoms with Crippen LogP contribution in [0.2, 0.25) is 0 Å². The zero-order valence-electron chi connectivity index (χ0n) is 17.2. The van der Waals surface area contributed by atoms with Crippen molar-refractivity contribution >= 4 is 29.9 Å². The van der Waals surface area contributed by atoms with E-state index in [1.807, 2.05) is 12.1 Å². The van der Waals surface area contributed by atoms with Crippen LogP contribution in [0.15, 0.2) is 29.3 Å². The summed E-state index contributed by atoms with van der Waals surface area (Å²) >= 11 is 0. The Balaban J connectivity index is 0.00000280. The summed E-state index contributed by atoms with van der Waals surface area (Å²) in [5.74, 6) is 1.98. The number of hydrogen-bond acceptors (Lipinski definition) is 4. The smallest absolute Gasteiger partial charge is 0.193 e. The van der Waals surface area contributed by atoms with Gasteiger partial charge in [0.15, 0.2) is 5.96 Å². The Hall–Kier alpha value is -1.06. The number of morpholine rings is 1. The van der Waals surface area contributed by atoms with Gasteiger partial charge in [-0.05, 0) is 43.9 Å². The monoisotopic (exact) mass is 502 g/mol. The molecule has 2 heterocycles. The largest absolute Gasteiger partial charge is 0.497 e. The number of methoxy groups -OCH3 is 1. The van der Waals surface area contributed by atoms with Crippen LogP contribution in [-0.2, 0) is 11.2 Å². The van der Waals surface area contributed by atoms with Crippen LogP contribution in [0.25, 0.3) is 0 Å². The summed E-state index contributed by atoms with van der Waals surface area (Å²) in [7, 11) is 1.70. The number of rotatable bonds is 7. The highest BCUT2D eigenvalue weighted by Gasteiger charge is 2.30. The first kappa shape index (κ1) is 23.2. The van der Waals surface area contributed by atoms with Gasteiger partial charge >= 0.3 is 0 Å². The van der Waals surface area contributed by atoms with Crippen LogP contribution in [0.5, 0.6) is 5.75 Å². The van der Waals surface area contributed by atoms with Gasteiger partial charge in [-0.15, -0.1) is 24.0 Å². The van der Waals surface area contributed by atoms with Crippen LogP contribution in [0, 0.1) is 0 Å². The summed E-state index contributed by atoms with van der Waals surface area (Å²) in [6.07, 6.45) is 3.32. The van der Waals surface area contributed by atoms with Gasteiger partial charge in [0, 0.05) is 45.3 Å². The first-order valence-corrected chi connectivity index (χ1v) is 10.3. The highest BCUT2D eigenvalue weighted by molar-refractivity contribution is 14.0. The van der Waals surface area contributed by atoms with Crippen molar-refractivity contribution in [3.8, 4) is 5.75 Å². The van der Waals surface area contributed by atoms with E-state index in [0.29, 0.717) is 6.04 Å². The molecule has 0 saturated carbocycles. The van der Waals surface area contributed by atoms with Crippen molar-refractivity contribution in [2.45, 2.75) is 32.2 Å². The second kappa shape index (κ2) is 12.5. The minimum atomic E-state index is 0. The minimum absolute atomic E-state index is 0. The Bertz CT molecular complexity index is 591. The van der Waals surface area contributed by atoms with Crippen LogP contribution in [0.3, 0.4) is 0 Å². The molecule has 1 unspecified atom stereocenters. The quantitative estimate of drug-likeness (QED) is 0.269. The first-order valence-electron chi connectivity index (χ1n) is 10.3. The zero-order valence-corrected chi connectivity index (χ0v) is 19.6. The SMILES string of the molecule is CCNC(=NCCCc1ccc(OC)cc1)N1CCC(N2CCOCC2)C1.I. The Morgan fingerprint density at radius 2 is 1.96 bits per heavy atom. The van der Waals surface area contributed by atoms with E-state index in [2.05, 4.69) is 34.2 Å². The highest BCUT2D eigenvalue weighted by Crippen LogP contribution is 2.17. The molecule has 7 heteroatoms. The molecule has 6 nitrogen and oxygen atoms in total. The molecule has 0 aromatic heterocycles. The molecule has 2 saturated heterocycles. The van der Waals surface area contributed by atoms with E-state index in [4.69, 9.17) is 14.5 Å². The number of likely N-dealkylation sites (tertiary alicyclic amines) is 1. The topological polar surface area (TPSA) is 49.3 Å². The molecule has 3 rings (SSSR count). The third-order valence-electron chi connectivity index (χ3n) is 5.40. The minimum Gasteiger partial charge on any atom is -0.497 e. The molecule has 0 amide bonds. The second-order valence-corrected chi connectivity index (χ2v) is 7.22. The summed E-state index contributed by atoms with van der Waals surface area (Å²) < 4.78 is 10.7. The van der Waals surface area contributed by atoms with Gasteiger partial charge in [-0.3, -0.25) is 9.89 Å². The predicted octanol–water partition coefficient (Wildman–Crippen LogP) is 2.62. The number of ether oxygens (including phenoxy) is 2. The van der Waals surface area contributed by atoms with Gasteiger partial charge in [0.25, 0.3) is 0 Å². The van der Waals surface area contributed by atoms with Gasteiger partial charge in [0.05, 0.1) is 20.3 Å². The number of aryl methyl sites for hydroxylation is 1. The van der Waals surface area contributed by atoms with Crippen LogP contribution in [-0.4, -0.2) is 81.4 Å². The lowest BCUT2D eigenvalue weighted by Crippen LogP contribution is -2.46. The van der Waals surface area contributed by atoms with Crippen molar-refractivity contribution in [2.75, 3.05) is 59.6 Å². The van der Waals surface area contributed by atoms with E-state index in [1.165, 1.54) is 12.0 Å². The van der Waals surface area contributed by atoms with Crippen LogP contribution >= 0.6 is 24.0 Å². The molecule has 0 aliphatic carbocycles. The number of guanidine groups is 1. The van der Waals surface area contributed by atoms with E-state index in [-0.39, 0.29) is 24.0 Å². The molecule has 0 radical (unpaired) electrons. The zero-order chi connectivity index (χ0) is 18.9. The van der Waals surface area contributed by atoms with Crippen molar-refractivity contribution in [3.05, 3.63) is 29.8 Å². The molecular formula is C21H35IN4O2. The van der Waals surface area contributed by atoms with Crippen molar-refractivity contribution in [1.82, 2.24) is 15.1 Å². The second-order valence-electron chi connectivity index (χ2n) is 7.22. The lowest BCUT2D eigenvalue weighted by molar-refractivity contribution is 0.0195. The maximum atomic E-state index is 5.49. The molecule has 1 atom stereocenters. The van der Waals surface area contributed by atoms with Crippen molar-refractivity contribution in [1.29, 1.82) is 0 Å². The molecule has 0 spiro atoms. The summed E-state index contributed by atoms with van der Waals surface area (Å²) in [5, 5.41) is 3.48. The number of nitrogens with zero attached hydrogens (tertiary/aromatic N) is 3. The Morgan fingerprint density at radius 3 is 2.64 bits per heavy atom. The molecule has 1 aromatic rings. The number of nitrogens with one attached hydrogen (secondary N) is 1. The normalized spacial score (nSPS) is 20.7. The van der Waals surface area contributed by atoms with Crippen LogP contribution < -0.4 is 10.1 Å². The molecule has 2 fully saturated rings. The van der Waals surface area contributed by atoms with E-state index in [0.717, 1.165) is 77.0 Å². The van der Waals surface area contributed by atoms with Crippen LogP contribution in [0.4, 0.5) is 0 Å². The van der Waals surface area contributed by atoms with Gasteiger partial charge in [-0.25, -0.2) is 0 Å². The van der Waals surface area contributed by atoms with Crippen molar-refractivity contribution in [3.63, 3.8) is 0 Å². The summed E-state index contributed by atoms with van der Waals surface area (Å²) in [5.41, 5.74) is 1.34. The fourth-order valence-electron chi connectivity index (χ4n) is 3.86.